The predicted molar refractivity (Wildman–Crippen MR) is 74.9 cm³/mol. The molecule has 1 heterocycles. The number of carbonyl (C=O) groups excluding carboxylic acids is 1. The van der Waals surface area contributed by atoms with E-state index in [0.717, 1.165) is 9.53 Å². The van der Waals surface area contributed by atoms with Crippen LogP contribution in [0.25, 0.3) is 10.9 Å². The Morgan fingerprint density at radius 2 is 1.95 bits per heavy atom. The van der Waals surface area contributed by atoms with Crippen LogP contribution in [0.15, 0.2) is 23.0 Å². The second-order valence-electron chi connectivity index (χ2n) is 5.69. The van der Waals surface area contributed by atoms with Crippen molar-refractivity contribution in [3.63, 3.8) is 0 Å². The van der Waals surface area contributed by atoms with Gasteiger partial charge in [-0.05, 0) is 26.8 Å². The van der Waals surface area contributed by atoms with Crippen LogP contribution in [0.1, 0.15) is 20.8 Å². The molecule has 0 aliphatic heterocycles. The Morgan fingerprint density at radius 1 is 1.33 bits per heavy atom. The summed E-state index contributed by atoms with van der Waals surface area (Å²) in [7, 11) is 1.42. The number of nitro groups is 1. The van der Waals surface area contributed by atoms with E-state index >= 15 is 0 Å². The number of non-ortho nitro benzene ring substituents is 1. The van der Waals surface area contributed by atoms with Crippen molar-refractivity contribution in [3.8, 4) is 0 Å². The van der Waals surface area contributed by atoms with Crippen LogP contribution in [0.4, 0.5) is 5.69 Å². The minimum Gasteiger partial charge on any atom is -0.320 e. The van der Waals surface area contributed by atoms with Crippen molar-refractivity contribution in [2.24, 2.45) is 12.5 Å². The molecule has 21 heavy (non-hydrogen) atoms. The molecule has 0 amide bonds. The standard InChI is InChI=1S/C13H15N3O5/c1-13(2,3)12(18)21-15-10-7-8(16(19)20)5-6-9(10)11(17)14(15)4/h5-7H,1-4H3. The molecule has 0 aliphatic carbocycles. The van der Waals surface area contributed by atoms with Gasteiger partial charge in [0.1, 0.15) is 5.52 Å². The van der Waals surface area contributed by atoms with Gasteiger partial charge in [-0.2, -0.15) is 0 Å². The van der Waals surface area contributed by atoms with Gasteiger partial charge in [0.05, 0.1) is 15.7 Å². The summed E-state index contributed by atoms with van der Waals surface area (Å²) in [6.45, 7) is 5.00. The molecule has 8 heteroatoms. The van der Waals surface area contributed by atoms with Gasteiger partial charge < -0.3 is 4.84 Å². The van der Waals surface area contributed by atoms with E-state index < -0.39 is 21.9 Å². The van der Waals surface area contributed by atoms with E-state index in [1.54, 1.807) is 20.8 Å². The molecule has 0 saturated heterocycles. The van der Waals surface area contributed by atoms with Gasteiger partial charge in [0, 0.05) is 19.2 Å². The van der Waals surface area contributed by atoms with E-state index in [-0.39, 0.29) is 16.6 Å². The van der Waals surface area contributed by atoms with Crippen LogP contribution in [-0.4, -0.2) is 20.4 Å². The van der Waals surface area contributed by atoms with Crippen LogP contribution in [0, 0.1) is 15.5 Å². The first kappa shape index (κ1) is 14.8. The van der Waals surface area contributed by atoms with Crippen molar-refractivity contribution in [2.45, 2.75) is 20.8 Å². The number of rotatable bonds is 2. The van der Waals surface area contributed by atoms with Crippen molar-refractivity contribution in [1.29, 1.82) is 0 Å². The zero-order chi connectivity index (χ0) is 15.9. The highest BCUT2D eigenvalue weighted by Gasteiger charge is 2.26. The molecule has 8 nitrogen and oxygen atoms in total. The number of hydrogen-bond donors (Lipinski definition) is 0. The highest BCUT2D eigenvalue weighted by molar-refractivity contribution is 5.82. The number of nitrogens with zero attached hydrogens (tertiary/aromatic N) is 3. The monoisotopic (exact) mass is 293 g/mol. The topological polar surface area (TPSA) is 96.4 Å². The number of carbonyl (C=O) groups is 1. The lowest BCUT2D eigenvalue weighted by Gasteiger charge is -2.17. The van der Waals surface area contributed by atoms with Gasteiger partial charge in [0.25, 0.3) is 11.2 Å². The van der Waals surface area contributed by atoms with Gasteiger partial charge in [-0.1, -0.05) is 0 Å². The number of nitro benzene ring substituents is 1. The molecule has 0 N–H and O–H groups in total. The number of aromatic nitrogens is 2. The normalized spacial score (nSPS) is 11.6. The zero-order valence-corrected chi connectivity index (χ0v) is 12.1. The average molecular weight is 293 g/mol. The molecule has 0 fully saturated rings. The third-order valence-corrected chi connectivity index (χ3v) is 2.98. The summed E-state index contributed by atoms with van der Waals surface area (Å²) >= 11 is 0. The maximum absolute atomic E-state index is 12.0. The second-order valence-corrected chi connectivity index (χ2v) is 5.69. The maximum atomic E-state index is 12.0. The first-order valence-corrected chi connectivity index (χ1v) is 6.22. The molecular weight excluding hydrogens is 278 g/mol. The molecule has 0 unspecified atom stereocenters. The summed E-state index contributed by atoms with van der Waals surface area (Å²) in [6, 6.07) is 3.78. The Kier molecular flexibility index (Phi) is 3.32. The van der Waals surface area contributed by atoms with Crippen molar-refractivity contribution in [1.82, 2.24) is 9.53 Å². The van der Waals surface area contributed by atoms with Gasteiger partial charge in [-0.3, -0.25) is 14.9 Å². The van der Waals surface area contributed by atoms with Crippen LogP contribution in [0.5, 0.6) is 0 Å². The van der Waals surface area contributed by atoms with E-state index in [9.17, 15) is 19.7 Å². The van der Waals surface area contributed by atoms with Crippen LogP contribution in [-0.2, 0) is 11.8 Å². The highest BCUT2D eigenvalue weighted by Crippen LogP contribution is 2.20. The average Bonchev–Trinajstić information content (AvgIpc) is 2.62. The van der Waals surface area contributed by atoms with E-state index in [4.69, 9.17) is 4.84 Å². The number of hydrogen-bond acceptors (Lipinski definition) is 5. The Labute approximate surface area is 119 Å². The molecule has 0 radical (unpaired) electrons. The molecule has 0 aliphatic rings. The first-order chi connectivity index (χ1) is 9.62. The molecule has 0 atom stereocenters. The fourth-order valence-corrected chi connectivity index (χ4v) is 1.72. The molecular formula is C13H15N3O5. The largest absolute Gasteiger partial charge is 0.340 e. The Morgan fingerprint density at radius 3 is 2.48 bits per heavy atom. The van der Waals surface area contributed by atoms with Crippen molar-refractivity contribution in [2.75, 3.05) is 0 Å². The third-order valence-electron chi connectivity index (χ3n) is 2.98. The van der Waals surface area contributed by atoms with Crippen LogP contribution >= 0.6 is 0 Å². The lowest BCUT2D eigenvalue weighted by molar-refractivity contribution is -0.384. The zero-order valence-electron chi connectivity index (χ0n) is 12.1. The highest BCUT2D eigenvalue weighted by atomic mass is 16.7. The quantitative estimate of drug-likeness (QED) is 0.613. The van der Waals surface area contributed by atoms with Gasteiger partial charge in [-0.15, -0.1) is 4.85 Å². The minimum atomic E-state index is -0.770. The van der Waals surface area contributed by atoms with Crippen molar-refractivity contribution in [3.05, 3.63) is 38.7 Å². The summed E-state index contributed by atoms with van der Waals surface area (Å²) in [4.78, 5) is 40.4. The van der Waals surface area contributed by atoms with Crippen molar-refractivity contribution < 1.29 is 14.6 Å². The molecule has 1 aromatic heterocycles. The van der Waals surface area contributed by atoms with Gasteiger partial charge in [0.15, 0.2) is 0 Å². The second kappa shape index (κ2) is 4.72. The predicted octanol–water partition coefficient (Wildman–Crippen LogP) is 1.25. The lowest BCUT2D eigenvalue weighted by atomic mass is 9.98. The maximum Gasteiger partial charge on any atom is 0.340 e. The summed E-state index contributed by atoms with van der Waals surface area (Å²) in [6.07, 6.45) is 0. The molecule has 2 rings (SSSR count). The van der Waals surface area contributed by atoms with E-state index in [1.165, 1.54) is 25.2 Å². The SMILES string of the molecule is Cn1c(=O)c2ccc([N+](=O)[O-])cc2n1OC(=O)C(C)(C)C. The fraction of sp³-hybridized carbons (Fsp3) is 0.385. The van der Waals surface area contributed by atoms with E-state index in [0.29, 0.717) is 0 Å². The van der Waals surface area contributed by atoms with Crippen LogP contribution in [0.2, 0.25) is 0 Å². The summed E-state index contributed by atoms with van der Waals surface area (Å²) in [5, 5.41) is 11.1. The summed E-state index contributed by atoms with van der Waals surface area (Å²) in [5.74, 6) is -0.554. The summed E-state index contributed by atoms with van der Waals surface area (Å²) < 4.78 is 1.10. The van der Waals surface area contributed by atoms with Crippen molar-refractivity contribution >= 4 is 22.6 Å². The number of benzene rings is 1. The number of fused-ring (bicyclic) bond motifs is 1. The molecule has 1 aromatic carbocycles. The Hall–Kier alpha value is -2.64. The molecule has 2 aromatic rings. The van der Waals surface area contributed by atoms with Crippen LogP contribution in [0.3, 0.4) is 0 Å². The van der Waals surface area contributed by atoms with Gasteiger partial charge in [0.2, 0.25) is 0 Å². The van der Waals surface area contributed by atoms with E-state index in [2.05, 4.69) is 0 Å². The first-order valence-electron chi connectivity index (χ1n) is 6.22. The molecule has 0 bridgehead atoms. The minimum absolute atomic E-state index is 0.175. The third kappa shape index (κ3) is 2.51. The fourth-order valence-electron chi connectivity index (χ4n) is 1.72. The Balaban J connectivity index is 2.64. The molecule has 112 valence electrons. The lowest BCUT2D eigenvalue weighted by Crippen LogP contribution is -2.35. The smallest absolute Gasteiger partial charge is 0.320 e. The Bertz CT molecular complexity index is 794. The summed E-state index contributed by atoms with van der Waals surface area (Å²) in [5.41, 5.74) is -1.18. The van der Waals surface area contributed by atoms with E-state index in [1.807, 2.05) is 0 Å². The van der Waals surface area contributed by atoms with Gasteiger partial charge in [-0.25, -0.2) is 9.48 Å². The van der Waals surface area contributed by atoms with Gasteiger partial charge >= 0.3 is 5.97 Å². The molecule has 0 saturated carbocycles. The molecule has 0 spiro atoms. The van der Waals surface area contributed by atoms with Crippen LogP contribution < -0.4 is 10.4 Å².